The summed E-state index contributed by atoms with van der Waals surface area (Å²) in [4.78, 5) is 11.0. The summed E-state index contributed by atoms with van der Waals surface area (Å²) >= 11 is 12.3. The predicted octanol–water partition coefficient (Wildman–Crippen LogP) is 5.10. The molecule has 0 fully saturated rings. The standard InChI is InChI=1S/C18H19Cl2NO4/c1-10(2)25-17-8-14(19)11(6-16(17)24-3)9-21-12-4-5-13(18(22)23)15(20)7-12/h4-8,10,21H,9H2,1-3H3,(H,22,23). The van der Waals surface area contributed by atoms with Crippen molar-refractivity contribution < 1.29 is 19.4 Å². The summed E-state index contributed by atoms with van der Waals surface area (Å²) in [6.45, 7) is 4.26. The number of hydrogen-bond donors (Lipinski definition) is 2. The zero-order valence-corrected chi connectivity index (χ0v) is 15.6. The van der Waals surface area contributed by atoms with Crippen LogP contribution in [0.5, 0.6) is 11.5 Å². The lowest BCUT2D eigenvalue weighted by atomic mass is 10.1. The number of carbonyl (C=O) groups is 1. The molecule has 5 nitrogen and oxygen atoms in total. The number of methoxy groups -OCH3 is 1. The summed E-state index contributed by atoms with van der Waals surface area (Å²) in [6, 6.07) is 8.19. The fraction of sp³-hybridized carbons (Fsp3) is 0.278. The molecule has 0 bridgehead atoms. The number of nitrogens with one attached hydrogen (secondary N) is 1. The SMILES string of the molecule is COc1cc(CNc2ccc(C(=O)O)c(Cl)c2)c(Cl)cc1OC(C)C. The highest BCUT2D eigenvalue weighted by Gasteiger charge is 2.13. The van der Waals surface area contributed by atoms with Crippen LogP contribution < -0.4 is 14.8 Å². The third-order valence-corrected chi connectivity index (χ3v) is 4.04. The third kappa shape index (κ3) is 4.94. The Hall–Kier alpha value is -2.11. The predicted molar refractivity (Wildman–Crippen MR) is 99.5 cm³/mol. The van der Waals surface area contributed by atoms with E-state index >= 15 is 0 Å². The molecule has 0 radical (unpaired) electrons. The minimum absolute atomic E-state index is 0.00355. The van der Waals surface area contributed by atoms with Crippen LogP contribution in [0.2, 0.25) is 10.0 Å². The van der Waals surface area contributed by atoms with Crippen LogP contribution in [0.4, 0.5) is 5.69 Å². The minimum atomic E-state index is -1.06. The van der Waals surface area contributed by atoms with Gasteiger partial charge in [0.25, 0.3) is 0 Å². The maximum Gasteiger partial charge on any atom is 0.337 e. The largest absolute Gasteiger partial charge is 0.493 e. The van der Waals surface area contributed by atoms with E-state index in [0.717, 1.165) is 5.56 Å². The Morgan fingerprint density at radius 1 is 1.16 bits per heavy atom. The first-order valence-electron chi connectivity index (χ1n) is 7.61. The van der Waals surface area contributed by atoms with Crippen molar-refractivity contribution in [1.29, 1.82) is 0 Å². The van der Waals surface area contributed by atoms with Gasteiger partial charge in [-0.3, -0.25) is 0 Å². The lowest BCUT2D eigenvalue weighted by molar-refractivity contribution is 0.0697. The smallest absolute Gasteiger partial charge is 0.337 e. The Kier molecular flexibility index (Phi) is 6.39. The molecule has 2 aromatic carbocycles. The number of carboxylic acid groups (broad SMARTS) is 1. The van der Waals surface area contributed by atoms with Crippen molar-refractivity contribution >= 4 is 34.9 Å². The van der Waals surface area contributed by atoms with Gasteiger partial charge in [-0.1, -0.05) is 23.2 Å². The number of carboxylic acids is 1. The Bertz CT molecular complexity index is 778. The first kappa shape index (κ1) is 19.2. The van der Waals surface area contributed by atoms with Crippen LogP contribution in [-0.2, 0) is 6.54 Å². The topological polar surface area (TPSA) is 67.8 Å². The summed E-state index contributed by atoms with van der Waals surface area (Å²) in [5.41, 5.74) is 1.56. The monoisotopic (exact) mass is 383 g/mol. The van der Waals surface area contributed by atoms with Gasteiger partial charge >= 0.3 is 5.97 Å². The van der Waals surface area contributed by atoms with Gasteiger partial charge in [-0.25, -0.2) is 4.79 Å². The molecule has 2 aromatic rings. The lowest BCUT2D eigenvalue weighted by Gasteiger charge is -2.16. The highest BCUT2D eigenvalue weighted by Crippen LogP contribution is 2.34. The molecule has 0 aromatic heterocycles. The highest BCUT2D eigenvalue weighted by molar-refractivity contribution is 6.33. The van der Waals surface area contributed by atoms with Crippen molar-refractivity contribution in [3.05, 3.63) is 51.5 Å². The number of halogens is 2. The van der Waals surface area contributed by atoms with Gasteiger partial charge < -0.3 is 19.9 Å². The molecule has 134 valence electrons. The van der Waals surface area contributed by atoms with Gasteiger partial charge in [0.15, 0.2) is 11.5 Å². The molecule has 0 unspecified atom stereocenters. The molecular weight excluding hydrogens is 365 g/mol. The van der Waals surface area contributed by atoms with Crippen LogP contribution in [-0.4, -0.2) is 24.3 Å². The van der Waals surface area contributed by atoms with E-state index in [1.54, 1.807) is 31.4 Å². The Balaban J connectivity index is 2.18. The van der Waals surface area contributed by atoms with Gasteiger partial charge in [-0.15, -0.1) is 0 Å². The van der Waals surface area contributed by atoms with Crippen molar-refractivity contribution in [3.8, 4) is 11.5 Å². The Morgan fingerprint density at radius 3 is 2.44 bits per heavy atom. The second-order valence-electron chi connectivity index (χ2n) is 5.61. The van der Waals surface area contributed by atoms with Crippen molar-refractivity contribution in [2.75, 3.05) is 12.4 Å². The van der Waals surface area contributed by atoms with Crippen LogP contribution in [0.1, 0.15) is 29.8 Å². The fourth-order valence-corrected chi connectivity index (χ4v) is 2.70. The molecule has 0 saturated carbocycles. The van der Waals surface area contributed by atoms with Crippen molar-refractivity contribution in [2.45, 2.75) is 26.5 Å². The maximum absolute atomic E-state index is 11.0. The molecule has 0 atom stereocenters. The van der Waals surface area contributed by atoms with E-state index in [4.69, 9.17) is 37.8 Å². The van der Waals surface area contributed by atoms with Crippen molar-refractivity contribution in [3.63, 3.8) is 0 Å². The summed E-state index contributed by atoms with van der Waals surface area (Å²) < 4.78 is 11.0. The molecular formula is C18H19Cl2NO4. The molecule has 0 aliphatic heterocycles. The first-order chi connectivity index (χ1) is 11.8. The summed E-state index contributed by atoms with van der Waals surface area (Å²) in [5.74, 6) is 0.110. The Morgan fingerprint density at radius 2 is 1.88 bits per heavy atom. The average Bonchev–Trinajstić information content (AvgIpc) is 2.53. The quantitative estimate of drug-likeness (QED) is 0.695. The van der Waals surface area contributed by atoms with Gasteiger partial charge in [-0.05, 0) is 43.7 Å². The minimum Gasteiger partial charge on any atom is -0.493 e. The van der Waals surface area contributed by atoms with Crippen molar-refractivity contribution in [1.82, 2.24) is 0 Å². The molecule has 0 spiro atoms. The van der Waals surface area contributed by atoms with E-state index < -0.39 is 5.97 Å². The van der Waals surface area contributed by atoms with Gasteiger partial charge in [0.2, 0.25) is 0 Å². The van der Waals surface area contributed by atoms with E-state index in [-0.39, 0.29) is 16.7 Å². The molecule has 2 rings (SSSR count). The zero-order valence-electron chi connectivity index (χ0n) is 14.1. The van der Waals surface area contributed by atoms with E-state index in [1.807, 2.05) is 13.8 Å². The molecule has 0 heterocycles. The van der Waals surface area contributed by atoms with Crippen LogP contribution in [0.15, 0.2) is 30.3 Å². The zero-order chi connectivity index (χ0) is 18.6. The molecule has 0 saturated heterocycles. The van der Waals surface area contributed by atoms with E-state index in [2.05, 4.69) is 5.32 Å². The van der Waals surface area contributed by atoms with E-state index in [1.165, 1.54) is 6.07 Å². The molecule has 0 amide bonds. The average molecular weight is 384 g/mol. The summed E-state index contributed by atoms with van der Waals surface area (Å²) in [7, 11) is 1.57. The molecule has 7 heteroatoms. The van der Waals surface area contributed by atoms with Crippen LogP contribution >= 0.6 is 23.2 Å². The second kappa shape index (κ2) is 8.32. The van der Waals surface area contributed by atoms with Gasteiger partial charge in [0.05, 0.1) is 23.8 Å². The van der Waals surface area contributed by atoms with Gasteiger partial charge in [-0.2, -0.15) is 0 Å². The number of aromatic carboxylic acids is 1. The first-order valence-corrected chi connectivity index (χ1v) is 8.37. The van der Waals surface area contributed by atoms with Crippen LogP contribution in [0.3, 0.4) is 0 Å². The fourth-order valence-electron chi connectivity index (χ4n) is 2.21. The normalized spacial score (nSPS) is 10.6. The second-order valence-corrected chi connectivity index (χ2v) is 6.43. The Labute approximate surface area is 156 Å². The summed E-state index contributed by atoms with van der Waals surface area (Å²) in [6.07, 6.45) is 0.00355. The number of hydrogen-bond acceptors (Lipinski definition) is 4. The number of ether oxygens (including phenoxy) is 2. The van der Waals surface area contributed by atoms with Crippen LogP contribution in [0, 0.1) is 0 Å². The van der Waals surface area contributed by atoms with Gasteiger partial charge in [0.1, 0.15) is 0 Å². The lowest BCUT2D eigenvalue weighted by Crippen LogP contribution is -2.08. The van der Waals surface area contributed by atoms with Gasteiger partial charge in [0, 0.05) is 23.3 Å². The molecule has 0 aliphatic rings. The van der Waals surface area contributed by atoms with E-state index in [9.17, 15) is 4.79 Å². The maximum atomic E-state index is 11.0. The number of benzene rings is 2. The van der Waals surface area contributed by atoms with E-state index in [0.29, 0.717) is 28.8 Å². The van der Waals surface area contributed by atoms with Crippen molar-refractivity contribution in [2.24, 2.45) is 0 Å². The molecule has 0 aliphatic carbocycles. The molecule has 2 N–H and O–H groups in total. The number of anilines is 1. The van der Waals surface area contributed by atoms with Crippen LogP contribution in [0.25, 0.3) is 0 Å². The summed E-state index contributed by atoms with van der Waals surface area (Å²) in [5, 5.41) is 12.9. The third-order valence-electron chi connectivity index (χ3n) is 3.38. The molecule has 25 heavy (non-hydrogen) atoms. The number of rotatable bonds is 7. The highest BCUT2D eigenvalue weighted by atomic mass is 35.5.